The summed E-state index contributed by atoms with van der Waals surface area (Å²) in [6.45, 7) is 22.7. The number of rotatable bonds is 3. The largest absolute Gasteiger partial charge is 0.496 e. The van der Waals surface area contributed by atoms with Gasteiger partial charge in [-0.25, -0.2) is 0 Å². The molecule has 0 unspecified atom stereocenters. The van der Waals surface area contributed by atoms with Gasteiger partial charge in [-0.1, -0.05) is 74.0 Å². The van der Waals surface area contributed by atoms with Crippen LogP contribution in [-0.2, 0) is 22.7 Å². The SMILES string of the molecule is COc1cc2c(c(-c3cc(C(C)(C)C)c(OC)c(C(C)(C)C)c3)c1C(C)(C)C)C=C(C)C2. The smallest absolute Gasteiger partial charge is 0.126 e. The Morgan fingerprint density at radius 2 is 1.25 bits per heavy atom. The van der Waals surface area contributed by atoms with Crippen LogP contribution in [0.1, 0.15) is 97.1 Å². The fraction of sp³-hybridized carbons (Fsp3) is 0.533. The Labute approximate surface area is 196 Å². The summed E-state index contributed by atoms with van der Waals surface area (Å²) in [5.74, 6) is 2.00. The first-order valence-corrected chi connectivity index (χ1v) is 11.7. The van der Waals surface area contributed by atoms with Crippen LogP contribution in [0.5, 0.6) is 11.5 Å². The predicted octanol–water partition coefficient (Wildman–Crippen LogP) is 8.22. The summed E-state index contributed by atoms with van der Waals surface area (Å²) in [5, 5.41) is 0. The van der Waals surface area contributed by atoms with Crippen LogP contribution in [0.2, 0.25) is 0 Å². The fourth-order valence-electron chi connectivity index (χ4n) is 4.95. The molecule has 1 aliphatic rings. The quantitative estimate of drug-likeness (QED) is 0.484. The number of benzene rings is 2. The van der Waals surface area contributed by atoms with E-state index in [-0.39, 0.29) is 16.2 Å². The molecule has 0 aliphatic heterocycles. The summed E-state index contributed by atoms with van der Waals surface area (Å²) in [5.41, 5.74) is 10.3. The van der Waals surface area contributed by atoms with E-state index >= 15 is 0 Å². The number of allylic oxidation sites excluding steroid dienone is 1. The van der Waals surface area contributed by atoms with Gasteiger partial charge in [-0.2, -0.15) is 0 Å². The molecule has 0 heterocycles. The fourth-order valence-corrected chi connectivity index (χ4v) is 4.95. The third kappa shape index (κ3) is 4.34. The summed E-state index contributed by atoms with van der Waals surface area (Å²) in [6.07, 6.45) is 3.36. The molecule has 0 atom stereocenters. The van der Waals surface area contributed by atoms with Crippen LogP contribution in [-0.4, -0.2) is 14.2 Å². The minimum Gasteiger partial charge on any atom is -0.496 e. The van der Waals surface area contributed by atoms with E-state index in [0.29, 0.717) is 0 Å². The van der Waals surface area contributed by atoms with Crippen LogP contribution in [0.3, 0.4) is 0 Å². The molecule has 1 aliphatic carbocycles. The number of hydrogen-bond donors (Lipinski definition) is 0. The minimum absolute atomic E-state index is 0.0446. The van der Waals surface area contributed by atoms with E-state index in [0.717, 1.165) is 17.9 Å². The van der Waals surface area contributed by atoms with E-state index in [1.54, 1.807) is 14.2 Å². The van der Waals surface area contributed by atoms with Crippen molar-refractivity contribution in [1.29, 1.82) is 0 Å². The predicted molar refractivity (Wildman–Crippen MR) is 138 cm³/mol. The van der Waals surface area contributed by atoms with Crippen molar-refractivity contribution in [2.24, 2.45) is 0 Å². The molecular formula is C30H42O2. The summed E-state index contributed by atoms with van der Waals surface area (Å²) < 4.78 is 12.0. The third-order valence-corrected chi connectivity index (χ3v) is 6.44. The lowest BCUT2D eigenvalue weighted by molar-refractivity contribution is 0.381. The lowest BCUT2D eigenvalue weighted by atomic mass is 9.74. The van der Waals surface area contributed by atoms with E-state index in [1.165, 1.54) is 44.5 Å². The lowest BCUT2D eigenvalue weighted by Crippen LogP contribution is -2.20. The van der Waals surface area contributed by atoms with Crippen LogP contribution in [0, 0.1) is 0 Å². The summed E-state index contributed by atoms with van der Waals surface area (Å²) in [6, 6.07) is 6.98. The van der Waals surface area contributed by atoms with Crippen LogP contribution >= 0.6 is 0 Å². The molecule has 0 N–H and O–H groups in total. The molecule has 0 spiro atoms. The van der Waals surface area contributed by atoms with Gasteiger partial charge in [0.15, 0.2) is 0 Å². The van der Waals surface area contributed by atoms with Gasteiger partial charge in [0.2, 0.25) is 0 Å². The average Bonchev–Trinajstić information content (AvgIpc) is 3.02. The zero-order chi connectivity index (χ0) is 24.2. The summed E-state index contributed by atoms with van der Waals surface area (Å²) in [4.78, 5) is 0. The highest BCUT2D eigenvalue weighted by molar-refractivity contribution is 5.87. The van der Waals surface area contributed by atoms with Gasteiger partial charge in [-0.3, -0.25) is 0 Å². The van der Waals surface area contributed by atoms with Crippen molar-refractivity contribution < 1.29 is 9.47 Å². The highest BCUT2D eigenvalue weighted by Gasteiger charge is 2.32. The Kier molecular flexibility index (Phi) is 6.09. The molecule has 2 heteroatoms. The zero-order valence-corrected chi connectivity index (χ0v) is 22.3. The van der Waals surface area contributed by atoms with Gasteiger partial charge in [0.1, 0.15) is 11.5 Å². The van der Waals surface area contributed by atoms with Crippen molar-refractivity contribution in [1.82, 2.24) is 0 Å². The lowest BCUT2D eigenvalue weighted by Gasteiger charge is -2.32. The van der Waals surface area contributed by atoms with Gasteiger partial charge < -0.3 is 9.47 Å². The number of ether oxygens (including phenoxy) is 2. The van der Waals surface area contributed by atoms with Crippen molar-refractivity contribution in [3.8, 4) is 22.6 Å². The van der Waals surface area contributed by atoms with Crippen LogP contribution in [0.15, 0.2) is 23.8 Å². The standard InChI is InChI=1S/C30H42O2/c1-18-13-19-17-24(31-11)26(30(8,9)10)25(21(19)14-18)20-15-22(28(2,3)4)27(32-12)23(16-20)29(5,6)7/h14-17H,13H2,1-12H3. The molecule has 0 aromatic heterocycles. The van der Waals surface area contributed by atoms with Crippen molar-refractivity contribution in [2.45, 2.75) is 91.9 Å². The molecule has 0 radical (unpaired) electrons. The second-order valence-electron chi connectivity index (χ2n) is 12.4. The number of hydrogen-bond acceptors (Lipinski definition) is 2. The second-order valence-corrected chi connectivity index (χ2v) is 12.4. The summed E-state index contributed by atoms with van der Waals surface area (Å²) >= 11 is 0. The molecule has 2 aromatic carbocycles. The monoisotopic (exact) mass is 434 g/mol. The number of methoxy groups -OCH3 is 2. The van der Waals surface area contributed by atoms with E-state index in [2.05, 4.69) is 93.5 Å². The molecule has 0 saturated carbocycles. The van der Waals surface area contributed by atoms with E-state index in [1.807, 2.05) is 0 Å². The molecule has 174 valence electrons. The van der Waals surface area contributed by atoms with Crippen LogP contribution < -0.4 is 9.47 Å². The van der Waals surface area contributed by atoms with Crippen molar-refractivity contribution >= 4 is 6.08 Å². The normalized spacial score (nSPS) is 14.3. The Hall–Kier alpha value is -2.22. The third-order valence-electron chi connectivity index (χ3n) is 6.44. The highest BCUT2D eigenvalue weighted by atomic mass is 16.5. The first kappa shape index (κ1) is 24.4. The molecule has 0 amide bonds. The van der Waals surface area contributed by atoms with Crippen molar-refractivity contribution in [3.05, 3.63) is 51.6 Å². The van der Waals surface area contributed by atoms with E-state index < -0.39 is 0 Å². The van der Waals surface area contributed by atoms with Gasteiger partial charge >= 0.3 is 0 Å². The van der Waals surface area contributed by atoms with Crippen molar-refractivity contribution in [3.63, 3.8) is 0 Å². The molecule has 2 aromatic rings. The minimum atomic E-state index is -0.0657. The average molecular weight is 435 g/mol. The first-order chi connectivity index (χ1) is 14.6. The number of fused-ring (bicyclic) bond motifs is 1. The maximum Gasteiger partial charge on any atom is 0.126 e. The van der Waals surface area contributed by atoms with Gasteiger partial charge in [-0.15, -0.1) is 0 Å². The Morgan fingerprint density at radius 3 is 1.66 bits per heavy atom. The van der Waals surface area contributed by atoms with Gasteiger partial charge in [0, 0.05) is 16.7 Å². The second kappa shape index (κ2) is 7.97. The van der Waals surface area contributed by atoms with E-state index in [9.17, 15) is 0 Å². The maximum absolute atomic E-state index is 6.04. The molecule has 0 saturated heterocycles. The first-order valence-electron chi connectivity index (χ1n) is 11.7. The molecular weight excluding hydrogens is 392 g/mol. The molecule has 32 heavy (non-hydrogen) atoms. The molecule has 0 bridgehead atoms. The van der Waals surface area contributed by atoms with Gasteiger partial charge in [-0.05, 0) is 70.0 Å². The van der Waals surface area contributed by atoms with Gasteiger partial charge in [0.25, 0.3) is 0 Å². The van der Waals surface area contributed by atoms with Gasteiger partial charge in [0.05, 0.1) is 14.2 Å². The molecule has 2 nitrogen and oxygen atoms in total. The Balaban J connectivity index is 2.54. The Bertz CT molecular complexity index is 1030. The van der Waals surface area contributed by atoms with Crippen LogP contribution in [0.4, 0.5) is 0 Å². The maximum atomic E-state index is 6.04. The molecule has 0 fully saturated rings. The summed E-state index contributed by atoms with van der Waals surface area (Å²) in [7, 11) is 3.60. The highest BCUT2D eigenvalue weighted by Crippen LogP contribution is 2.49. The van der Waals surface area contributed by atoms with Crippen LogP contribution in [0.25, 0.3) is 17.2 Å². The Morgan fingerprint density at radius 1 is 0.719 bits per heavy atom. The molecule has 3 rings (SSSR count). The zero-order valence-electron chi connectivity index (χ0n) is 22.3. The van der Waals surface area contributed by atoms with E-state index in [4.69, 9.17) is 9.47 Å². The van der Waals surface area contributed by atoms with Crippen molar-refractivity contribution in [2.75, 3.05) is 14.2 Å². The topological polar surface area (TPSA) is 18.5 Å².